The predicted octanol–water partition coefficient (Wildman–Crippen LogP) is 2.43. The number of hydrogen-bond acceptors (Lipinski definition) is 3. The summed E-state index contributed by atoms with van der Waals surface area (Å²) < 4.78 is 2.03. The molecule has 0 spiro atoms. The van der Waals surface area contributed by atoms with Gasteiger partial charge >= 0.3 is 0 Å². The first-order valence-corrected chi connectivity index (χ1v) is 6.48. The molecule has 3 nitrogen and oxygen atoms in total. The van der Waals surface area contributed by atoms with Gasteiger partial charge in [0.25, 0.3) is 0 Å². The third-order valence-electron chi connectivity index (χ3n) is 2.70. The van der Waals surface area contributed by atoms with E-state index in [1.165, 1.54) is 0 Å². The Morgan fingerprint density at radius 1 is 1.50 bits per heavy atom. The third kappa shape index (κ3) is 1.85. The summed E-state index contributed by atoms with van der Waals surface area (Å²) >= 11 is 1.54. The first-order chi connectivity index (χ1) is 7.63. The molecule has 84 valence electrons. The van der Waals surface area contributed by atoms with Crippen molar-refractivity contribution in [2.24, 2.45) is 7.05 Å². The van der Waals surface area contributed by atoms with E-state index < -0.39 is 0 Å². The van der Waals surface area contributed by atoms with E-state index in [0.717, 1.165) is 22.4 Å². The van der Waals surface area contributed by atoms with Crippen molar-refractivity contribution in [3.63, 3.8) is 0 Å². The lowest BCUT2D eigenvalue weighted by Gasteiger charge is -2.00. The molecule has 0 radical (unpaired) electrons. The Kier molecular flexibility index (Phi) is 3.01. The van der Waals surface area contributed by atoms with Crippen LogP contribution in [0.5, 0.6) is 0 Å². The Morgan fingerprint density at radius 3 is 2.94 bits per heavy atom. The van der Waals surface area contributed by atoms with Crippen LogP contribution in [-0.2, 0) is 7.05 Å². The summed E-state index contributed by atoms with van der Waals surface area (Å²) in [7, 11) is 1.98. The molecule has 0 saturated carbocycles. The lowest BCUT2D eigenvalue weighted by molar-refractivity contribution is 0.102. The Morgan fingerprint density at radius 2 is 2.25 bits per heavy atom. The largest absolute Gasteiger partial charge is 0.331 e. The van der Waals surface area contributed by atoms with Crippen LogP contribution in [0, 0.1) is 6.92 Å². The molecule has 0 amide bonds. The van der Waals surface area contributed by atoms with Gasteiger partial charge in [-0.05, 0) is 31.4 Å². The molecule has 2 aromatic rings. The number of aromatic nitrogens is 2. The van der Waals surface area contributed by atoms with Crippen molar-refractivity contribution in [2.45, 2.75) is 6.92 Å². The number of aryl methyl sites for hydroxylation is 2. The standard InChI is InChI=1S/C12H14N2OS/c1-8-13-10-6-9(12(15)7-16-3)4-5-11(10)14(8)2/h4-6H,7H2,1-3H3. The van der Waals surface area contributed by atoms with E-state index in [-0.39, 0.29) is 5.78 Å². The van der Waals surface area contributed by atoms with Crippen molar-refractivity contribution in [1.29, 1.82) is 0 Å². The lowest BCUT2D eigenvalue weighted by atomic mass is 10.1. The van der Waals surface area contributed by atoms with Crippen LogP contribution in [0.25, 0.3) is 11.0 Å². The number of carbonyl (C=O) groups excluding carboxylic acids is 1. The number of carbonyl (C=O) groups is 1. The van der Waals surface area contributed by atoms with Crippen LogP contribution < -0.4 is 0 Å². The monoisotopic (exact) mass is 234 g/mol. The van der Waals surface area contributed by atoms with Crippen LogP contribution in [0.1, 0.15) is 16.2 Å². The van der Waals surface area contributed by atoms with Crippen LogP contribution in [0.4, 0.5) is 0 Å². The van der Waals surface area contributed by atoms with Crippen LogP contribution >= 0.6 is 11.8 Å². The van der Waals surface area contributed by atoms with Crippen LogP contribution in [0.15, 0.2) is 18.2 Å². The molecule has 16 heavy (non-hydrogen) atoms. The van der Waals surface area contributed by atoms with E-state index in [4.69, 9.17) is 0 Å². The molecular formula is C12H14N2OS. The molecule has 0 aliphatic rings. The molecule has 2 rings (SSSR count). The molecule has 0 atom stereocenters. The highest BCUT2D eigenvalue weighted by atomic mass is 32.2. The van der Waals surface area contributed by atoms with E-state index in [2.05, 4.69) is 4.98 Å². The van der Waals surface area contributed by atoms with Gasteiger partial charge in [0.15, 0.2) is 5.78 Å². The van der Waals surface area contributed by atoms with Gasteiger partial charge in [-0.1, -0.05) is 0 Å². The minimum atomic E-state index is 0.165. The van der Waals surface area contributed by atoms with E-state index in [9.17, 15) is 4.79 Å². The number of ketones is 1. The van der Waals surface area contributed by atoms with Crippen LogP contribution in [0.3, 0.4) is 0 Å². The molecule has 0 aliphatic carbocycles. The van der Waals surface area contributed by atoms with Crippen molar-refractivity contribution in [1.82, 2.24) is 9.55 Å². The quantitative estimate of drug-likeness (QED) is 0.765. The van der Waals surface area contributed by atoms with E-state index in [1.54, 1.807) is 11.8 Å². The smallest absolute Gasteiger partial charge is 0.172 e. The molecule has 0 N–H and O–H groups in total. The highest BCUT2D eigenvalue weighted by molar-refractivity contribution is 7.99. The van der Waals surface area contributed by atoms with E-state index in [1.807, 2.05) is 43.0 Å². The fraction of sp³-hybridized carbons (Fsp3) is 0.333. The normalized spacial score (nSPS) is 10.9. The maximum Gasteiger partial charge on any atom is 0.172 e. The highest BCUT2D eigenvalue weighted by Crippen LogP contribution is 2.17. The number of nitrogens with zero attached hydrogens (tertiary/aromatic N) is 2. The molecule has 1 aromatic carbocycles. The molecule has 1 aromatic heterocycles. The summed E-state index contributed by atoms with van der Waals surface area (Å²) in [6.07, 6.45) is 1.93. The fourth-order valence-electron chi connectivity index (χ4n) is 1.71. The van der Waals surface area contributed by atoms with Gasteiger partial charge < -0.3 is 4.57 Å². The second-order valence-corrected chi connectivity index (χ2v) is 4.64. The van der Waals surface area contributed by atoms with Gasteiger partial charge in [0, 0.05) is 12.6 Å². The van der Waals surface area contributed by atoms with E-state index in [0.29, 0.717) is 5.75 Å². The van der Waals surface area contributed by atoms with Gasteiger partial charge in [-0.15, -0.1) is 0 Å². The van der Waals surface area contributed by atoms with E-state index >= 15 is 0 Å². The number of Topliss-reactive ketones (excluding diaryl/α,β-unsaturated/α-hetero) is 1. The molecule has 0 unspecified atom stereocenters. The molecule has 4 heteroatoms. The molecule has 0 bridgehead atoms. The Balaban J connectivity index is 2.48. The zero-order valence-corrected chi connectivity index (χ0v) is 10.5. The predicted molar refractivity (Wildman–Crippen MR) is 68.2 cm³/mol. The number of hydrogen-bond donors (Lipinski definition) is 0. The number of fused-ring (bicyclic) bond motifs is 1. The van der Waals surface area contributed by atoms with Gasteiger partial charge in [-0.3, -0.25) is 4.79 Å². The number of benzene rings is 1. The molecule has 0 saturated heterocycles. The summed E-state index contributed by atoms with van der Waals surface area (Å²) in [4.78, 5) is 16.1. The lowest BCUT2D eigenvalue weighted by Crippen LogP contribution is -2.01. The minimum absolute atomic E-state index is 0.165. The second kappa shape index (κ2) is 4.29. The zero-order valence-electron chi connectivity index (χ0n) is 9.65. The Bertz CT molecular complexity index is 545. The van der Waals surface area contributed by atoms with Crippen LogP contribution in [0.2, 0.25) is 0 Å². The van der Waals surface area contributed by atoms with Crippen molar-refractivity contribution < 1.29 is 4.79 Å². The zero-order chi connectivity index (χ0) is 11.7. The molecule has 0 fully saturated rings. The van der Waals surface area contributed by atoms with Gasteiger partial charge in [0.1, 0.15) is 5.82 Å². The summed E-state index contributed by atoms with van der Waals surface area (Å²) in [6, 6.07) is 5.71. The summed E-state index contributed by atoms with van der Waals surface area (Å²) in [5, 5.41) is 0. The van der Waals surface area contributed by atoms with Crippen LogP contribution in [-0.4, -0.2) is 27.3 Å². The number of rotatable bonds is 3. The van der Waals surface area contributed by atoms with Crippen molar-refractivity contribution in [3.8, 4) is 0 Å². The summed E-state index contributed by atoms with van der Waals surface area (Å²) in [5.74, 6) is 1.65. The maximum atomic E-state index is 11.7. The first kappa shape index (κ1) is 11.2. The topological polar surface area (TPSA) is 34.9 Å². The molecule has 1 heterocycles. The summed E-state index contributed by atoms with van der Waals surface area (Å²) in [6.45, 7) is 1.96. The Labute approximate surface area is 98.9 Å². The Hall–Kier alpha value is -1.29. The first-order valence-electron chi connectivity index (χ1n) is 5.08. The number of thioether (sulfide) groups is 1. The average molecular weight is 234 g/mol. The highest BCUT2D eigenvalue weighted by Gasteiger charge is 2.09. The summed E-state index contributed by atoms with van der Waals surface area (Å²) in [5.41, 5.74) is 2.71. The van der Waals surface area contributed by atoms with Crippen molar-refractivity contribution in [3.05, 3.63) is 29.6 Å². The maximum absolute atomic E-state index is 11.7. The molecular weight excluding hydrogens is 220 g/mol. The van der Waals surface area contributed by atoms with Gasteiger partial charge in [-0.25, -0.2) is 4.98 Å². The van der Waals surface area contributed by atoms with Crippen molar-refractivity contribution >= 4 is 28.6 Å². The second-order valence-electron chi connectivity index (χ2n) is 3.78. The van der Waals surface area contributed by atoms with Gasteiger partial charge in [0.2, 0.25) is 0 Å². The van der Waals surface area contributed by atoms with Gasteiger partial charge in [-0.2, -0.15) is 11.8 Å². The molecule has 0 aliphatic heterocycles. The van der Waals surface area contributed by atoms with Gasteiger partial charge in [0.05, 0.1) is 16.8 Å². The average Bonchev–Trinajstić information content (AvgIpc) is 2.55. The van der Waals surface area contributed by atoms with Crippen molar-refractivity contribution in [2.75, 3.05) is 12.0 Å². The fourth-order valence-corrected chi connectivity index (χ4v) is 2.14. The number of imidazole rings is 1. The third-order valence-corrected chi connectivity index (χ3v) is 3.25. The minimum Gasteiger partial charge on any atom is -0.331 e. The SMILES string of the molecule is CSCC(=O)c1ccc2c(c1)nc(C)n2C.